The molecule has 9 nitrogen and oxygen atoms in total. The Kier molecular flexibility index (Phi) is 5.09. The quantitative estimate of drug-likeness (QED) is 0.669. The first kappa shape index (κ1) is 19.2. The van der Waals surface area contributed by atoms with E-state index in [0.29, 0.717) is 13.0 Å². The monoisotopic (exact) mass is 422 g/mol. The molecule has 1 aliphatic heterocycles. The van der Waals surface area contributed by atoms with Crippen LogP contribution >= 0.6 is 11.3 Å². The Hall–Kier alpha value is -3.15. The molecule has 3 aromatic heterocycles. The molecule has 0 atom stereocenters. The topological polar surface area (TPSA) is 106 Å². The number of thiophene rings is 1. The van der Waals surface area contributed by atoms with Gasteiger partial charge in [-0.25, -0.2) is 8.78 Å². The van der Waals surface area contributed by atoms with Crippen molar-refractivity contribution in [2.24, 2.45) is 0 Å². The van der Waals surface area contributed by atoms with Gasteiger partial charge >= 0.3 is 6.01 Å². The van der Waals surface area contributed by atoms with E-state index in [1.54, 1.807) is 6.07 Å². The summed E-state index contributed by atoms with van der Waals surface area (Å²) >= 11 is 1.42. The van der Waals surface area contributed by atoms with Crippen molar-refractivity contribution in [3.8, 4) is 16.5 Å². The number of ether oxygens (including phenoxy) is 1. The highest BCUT2D eigenvalue weighted by atomic mass is 32.1. The predicted molar refractivity (Wildman–Crippen MR) is 101 cm³/mol. The van der Waals surface area contributed by atoms with E-state index in [1.165, 1.54) is 29.4 Å². The van der Waals surface area contributed by atoms with Gasteiger partial charge in [0.25, 0.3) is 17.7 Å². The number of methoxy groups -OCH3 is 1. The molecule has 1 aliphatic rings. The van der Waals surface area contributed by atoms with Gasteiger partial charge in [0, 0.05) is 19.0 Å². The summed E-state index contributed by atoms with van der Waals surface area (Å²) in [6.45, 7) is -0.0314. The molecule has 0 bridgehead atoms. The first-order valence-corrected chi connectivity index (χ1v) is 9.56. The fourth-order valence-electron chi connectivity index (χ4n) is 2.92. The summed E-state index contributed by atoms with van der Waals surface area (Å²) in [5.41, 5.74) is -0.129. The van der Waals surface area contributed by atoms with Crippen LogP contribution in [0.2, 0.25) is 0 Å². The molecular weight excluding hydrogens is 406 g/mol. The van der Waals surface area contributed by atoms with E-state index in [-0.39, 0.29) is 35.6 Å². The van der Waals surface area contributed by atoms with Crippen molar-refractivity contribution < 1.29 is 22.7 Å². The number of amides is 1. The van der Waals surface area contributed by atoms with Crippen LogP contribution in [0, 0.1) is 0 Å². The second kappa shape index (κ2) is 7.70. The summed E-state index contributed by atoms with van der Waals surface area (Å²) in [7, 11) is 1.35. The number of rotatable bonds is 5. The van der Waals surface area contributed by atoms with Crippen molar-refractivity contribution >= 4 is 29.1 Å². The lowest BCUT2D eigenvalue weighted by molar-refractivity contribution is -0.0119. The van der Waals surface area contributed by atoms with Crippen molar-refractivity contribution in [3.05, 3.63) is 29.3 Å². The first-order valence-electron chi connectivity index (χ1n) is 8.68. The zero-order chi connectivity index (χ0) is 20.4. The zero-order valence-corrected chi connectivity index (χ0v) is 16.1. The maximum atomic E-state index is 13.7. The van der Waals surface area contributed by atoms with E-state index in [1.807, 2.05) is 11.4 Å². The molecule has 3 aromatic rings. The van der Waals surface area contributed by atoms with Gasteiger partial charge in [-0.2, -0.15) is 0 Å². The van der Waals surface area contributed by atoms with E-state index in [9.17, 15) is 13.6 Å². The van der Waals surface area contributed by atoms with Gasteiger partial charge < -0.3 is 14.1 Å². The number of aromatic nitrogens is 4. The highest BCUT2D eigenvalue weighted by Crippen LogP contribution is 2.31. The summed E-state index contributed by atoms with van der Waals surface area (Å²) in [5.74, 6) is -2.88. The van der Waals surface area contributed by atoms with Gasteiger partial charge in [0.15, 0.2) is 17.3 Å². The Morgan fingerprint density at radius 3 is 2.93 bits per heavy atom. The molecular formula is C17H16F2N6O3S. The van der Waals surface area contributed by atoms with Crippen LogP contribution in [0.1, 0.15) is 23.3 Å². The molecule has 152 valence electrons. The van der Waals surface area contributed by atoms with Crippen LogP contribution in [0.4, 0.5) is 20.6 Å². The van der Waals surface area contributed by atoms with Gasteiger partial charge in [-0.1, -0.05) is 11.2 Å². The molecule has 1 N–H and O–H groups in total. The minimum atomic E-state index is -2.79. The molecule has 0 aromatic carbocycles. The lowest BCUT2D eigenvalue weighted by Crippen LogP contribution is -2.43. The van der Waals surface area contributed by atoms with Gasteiger partial charge in [-0.05, 0) is 17.9 Å². The van der Waals surface area contributed by atoms with E-state index in [0.717, 1.165) is 4.88 Å². The minimum Gasteiger partial charge on any atom is -0.494 e. The lowest BCUT2D eigenvalue weighted by Gasteiger charge is -2.33. The number of hydrogen-bond acceptors (Lipinski definition) is 9. The van der Waals surface area contributed by atoms with Crippen LogP contribution in [0.5, 0.6) is 5.75 Å². The number of hydrogen-bond donors (Lipinski definition) is 1. The van der Waals surface area contributed by atoms with Crippen LogP contribution in [-0.4, -0.2) is 52.4 Å². The molecule has 1 amide bonds. The Morgan fingerprint density at radius 2 is 2.21 bits per heavy atom. The van der Waals surface area contributed by atoms with Crippen molar-refractivity contribution in [2.75, 3.05) is 30.4 Å². The van der Waals surface area contributed by atoms with Crippen LogP contribution in [0.15, 0.2) is 28.0 Å². The maximum absolute atomic E-state index is 13.7. The van der Waals surface area contributed by atoms with Crippen LogP contribution in [-0.2, 0) is 0 Å². The molecule has 0 saturated carbocycles. The van der Waals surface area contributed by atoms with Crippen LogP contribution in [0.3, 0.4) is 0 Å². The van der Waals surface area contributed by atoms with Gasteiger partial charge in [-0.3, -0.25) is 10.1 Å². The molecule has 1 fully saturated rings. The van der Waals surface area contributed by atoms with Crippen LogP contribution < -0.4 is 15.0 Å². The fourth-order valence-corrected chi connectivity index (χ4v) is 3.57. The number of nitrogens with zero attached hydrogens (tertiary/aromatic N) is 5. The van der Waals surface area contributed by atoms with E-state index >= 15 is 0 Å². The largest absolute Gasteiger partial charge is 0.494 e. The second-order valence-corrected chi connectivity index (χ2v) is 7.29. The van der Waals surface area contributed by atoms with Gasteiger partial charge in [0.1, 0.15) is 0 Å². The number of piperidine rings is 1. The second-order valence-electron chi connectivity index (χ2n) is 6.34. The molecule has 0 radical (unpaired) electrons. The molecule has 1 saturated heterocycles. The number of carbonyl (C=O) groups is 1. The Labute approximate surface area is 167 Å². The average Bonchev–Trinajstić information content (AvgIpc) is 3.38. The normalized spacial score (nSPS) is 15.9. The first-order chi connectivity index (χ1) is 13.9. The minimum absolute atomic E-state index is 0.0967. The Bertz CT molecular complexity index is 1010. The molecule has 0 unspecified atom stereocenters. The summed E-state index contributed by atoms with van der Waals surface area (Å²) in [6, 6.07) is 4.94. The molecule has 0 aliphatic carbocycles. The smallest absolute Gasteiger partial charge is 0.322 e. The summed E-state index contributed by atoms with van der Waals surface area (Å²) < 4.78 is 38.0. The fraction of sp³-hybridized carbons (Fsp3) is 0.353. The number of anilines is 2. The predicted octanol–water partition coefficient (Wildman–Crippen LogP) is 3.08. The standard InChI is InChI=1S/C17H16F2N6O3S/c1-27-10-8-12(25-6-3-5-17(18,19)9-25)21-22-13(10)14(26)20-16-24-23-15(28-16)11-4-2-7-29-11/h2,4,7-8H,3,5-6,9H2,1H3,(H,20,24,26). The third-order valence-electron chi connectivity index (χ3n) is 4.28. The number of nitrogens with one attached hydrogen (secondary N) is 1. The van der Waals surface area contributed by atoms with E-state index in [4.69, 9.17) is 9.15 Å². The van der Waals surface area contributed by atoms with Gasteiger partial charge in [-0.15, -0.1) is 26.6 Å². The summed E-state index contributed by atoms with van der Waals surface area (Å²) in [5, 5.41) is 19.7. The van der Waals surface area contributed by atoms with E-state index in [2.05, 4.69) is 25.7 Å². The van der Waals surface area contributed by atoms with Gasteiger partial charge in [0.2, 0.25) is 0 Å². The molecule has 12 heteroatoms. The zero-order valence-electron chi connectivity index (χ0n) is 15.3. The number of halogens is 2. The summed E-state index contributed by atoms with van der Waals surface area (Å²) in [6.07, 6.45) is 0.176. The van der Waals surface area contributed by atoms with Crippen molar-refractivity contribution in [1.29, 1.82) is 0 Å². The SMILES string of the molecule is COc1cc(N2CCCC(F)(F)C2)nnc1C(=O)Nc1nnc(-c2cccs2)o1. The highest BCUT2D eigenvalue weighted by molar-refractivity contribution is 7.13. The van der Waals surface area contributed by atoms with Crippen molar-refractivity contribution in [3.63, 3.8) is 0 Å². The molecule has 4 rings (SSSR count). The van der Waals surface area contributed by atoms with Gasteiger partial charge in [0.05, 0.1) is 18.5 Å². The number of carbonyl (C=O) groups excluding carboxylic acids is 1. The molecule has 0 spiro atoms. The third-order valence-corrected chi connectivity index (χ3v) is 5.13. The third kappa shape index (κ3) is 4.16. The average molecular weight is 422 g/mol. The van der Waals surface area contributed by atoms with Crippen LogP contribution in [0.25, 0.3) is 10.8 Å². The molecule has 4 heterocycles. The maximum Gasteiger partial charge on any atom is 0.322 e. The summed E-state index contributed by atoms with van der Waals surface area (Å²) in [4.78, 5) is 14.7. The van der Waals surface area contributed by atoms with Crippen molar-refractivity contribution in [2.45, 2.75) is 18.8 Å². The highest BCUT2D eigenvalue weighted by Gasteiger charge is 2.36. The molecule has 29 heavy (non-hydrogen) atoms. The van der Waals surface area contributed by atoms with Crippen molar-refractivity contribution in [1.82, 2.24) is 20.4 Å². The number of alkyl halides is 2. The Morgan fingerprint density at radius 1 is 1.34 bits per heavy atom. The van der Waals surface area contributed by atoms with E-state index < -0.39 is 18.4 Å². The Balaban J connectivity index is 1.51. The lowest BCUT2D eigenvalue weighted by atomic mass is 10.1.